The Labute approximate surface area is 90.4 Å². The lowest BCUT2D eigenvalue weighted by molar-refractivity contribution is 0.0866. The molecule has 2 unspecified atom stereocenters. The second kappa shape index (κ2) is 4.77. The molecule has 2 heterocycles. The Morgan fingerprint density at radius 3 is 3.27 bits per heavy atom. The van der Waals surface area contributed by atoms with E-state index in [1.54, 1.807) is 0 Å². The first-order valence-electron chi connectivity index (χ1n) is 5.71. The van der Waals surface area contributed by atoms with Gasteiger partial charge < -0.3 is 15.0 Å². The molecule has 2 rings (SSSR count). The topological polar surface area (TPSA) is 53.1 Å². The van der Waals surface area contributed by atoms with Crippen molar-refractivity contribution in [3.05, 3.63) is 18.2 Å². The highest BCUT2D eigenvalue weighted by Crippen LogP contribution is 2.23. The molecule has 1 fully saturated rings. The van der Waals surface area contributed by atoms with Crippen LogP contribution in [0.5, 0.6) is 0 Å². The van der Waals surface area contributed by atoms with Crippen LogP contribution in [0.25, 0.3) is 0 Å². The molecular formula is C11H19N3O. The van der Waals surface area contributed by atoms with Gasteiger partial charge in [0.1, 0.15) is 5.82 Å². The van der Waals surface area contributed by atoms with Crippen LogP contribution in [0.4, 0.5) is 0 Å². The van der Waals surface area contributed by atoms with Gasteiger partial charge in [-0.25, -0.2) is 4.98 Å². The van der Waals surface area contributed by atoms with Gasteiger partial charge in [-0.15, -0.1) is 0 Å². The Kier molecular flexibility index (Phi) is 3.38. The van der Waals surface area contributed by atoms with Gasteiger partial charge in [-0.2, -0.15) is 0 Å². The summed E-state index contributed by atoms with van der Waals surface area (Å²) in [6.45, 7) is 3.98. The summed E-state index contributed by atoms with van der Waals surface area (Å²) in [6.07, 6.45) is 7.24. The summed E-state index contributed by atoms with van der Waals surface area (Å²) in [5.74, 6) is 0.962. The molecular weight excluding hydrogens is 190 g/mol. The summed E-state index contributed by atoms with van der Waals surface area (Å²) in [4.78, 5) is 4.34. The second-order valence-electron chi connectivity index (χ2n) is 4.06. The standard InChI is InChI=1S/C11H19N3O/c1-2-6-14-7-5-13-11(14)10(12)9-4-3-8-15-9/h5,7,9-10H,2-4,6,8,12H2,1H3. The number of rotatable bonds is 4. The maximum absolute atomic E-state index is 6.17. The van der Waals surface area contributed by atoms with Crippen molar-refractivity contribution in [1.82, 2.24) is 9.55 Å². The summed E-state index contributed by atoms with van der Waals surface area (Å²) in [7, 11) is 0. The van der Waals surface area contributed by atoms with E-state index in [0.29, 0.717) is 0 Å². The first-order chi connectivity index (χ1) is 7.33. The highest BCUT2D eigenvalue weighted by molar-refractivity contribution is 5.02. The third-order valence-electron chi connectivity index (χ3n) is 2.88. The van der Waals surface area contributed by atoms with Crippen molar-refractivity contribution in [1.29, 1.82) is 0 Å². The smallest absolute Gasteiger partial charge is 0.128 e. The average Bonchev–Trinajstić information content (AvgIpc) is 2.87. The fourth-order valence-corrected chi connectivity index (χ4v) is 2.10. The molecule has 1 saturated heterocycles. The van der Waals surface area contributed by atoms with E-state index in [9.17, 15) is 0 Å². The summed E-state index contributed by atoms with van der Waals surface area (Å²) >= 11 is 0. The average molecular weight is 209 g/mol. The lowest BCUT2D eigenvalue weighted by Crippen LogP contribution is -2.28. The lowest BCUT2D eigenvalue weighted by atomic mass is 10.1. The number of ether oxygens (including phenoxy) is 1. The summed E-state index contributed by atoms with van der Waals surface area (Å²) in [5, 5.41) is 0. The van der Waals surface area contributed by atoms with Crippen LogP contribution in [0.1, 0.15) is 38.1 Å². The summed E-state index contributed by atoms with van der Waals surface area (Å²) in [6, 6.07) is -0.0750. The van der Waals surface area contributed by atoms with Gasteiger partial charge in [-0.1, -0.05) is 6.92 Å². The quantitative estimate of drug-likeness (QED) is 0.817. The second-order valence-corrected chi connectivity index (χ2v) is 4.06. The Morgan fingerprint density at radius 1 is 1.73 bits per heavy atom. The minimum Gasteiger partial charge on any atom is -0.376 e. The molecule has 15 heavy (non-hydrogen) atoms. The first kappa shape index (κ1) is 10.6. The first-order valence-corrected chi connectivity index (χ1v) is 5.71. The van der Waals surface area contributed by atoms with E-state index < -0.39 is 0 Å². The Bertz CT molecular complexity index is 305. The molecule has 2 atom stereocenters. The minimum absolute atomic E-state index is 0.0750. The Balaban J connectivity index is 2.09. The highest BCUT2D eigenvalue weighted by Gasteiger charge is 2.26. The van der Waals surface area contributed by atoms with Crippen molar-refractivity contribution in [3.63, 3.8) is 0 Å². The van der Waals surface area contributed by atoms with Crippen molar-refractivity contribution in [2.24, 2.45) is 5.73 Å². The maximum atomic E-state index is 6.17. The van der Waals surface area contributed by atoms with Gasteiger partial charge in [-0.3, -0.25) is 0 Å². The molecule has 84 valence electrons. The molecule has 0 spiro atoms. The fraction of sp³-hybridized carbons (Fsp3) is 0.727. The molecule has 4 nitrogen and oxygen atoms in total. The van der Waals surface area contributed by atoms with Gasteiger partial charge in [0, 0.05) is 25.5 Å². The van der Waals surface area contributed by atoms with Gasteiger partial charge >= 0.3 is 0 Å². The Morgan fingerprint density at radius 2 is 2.60 bits per heavy atom. The molecule has 0 radical (unpaired) electrons. The van der Waals surface area contributed by atoms with Crippen molar-refractivity contribution in [2.75, 3.05) is 6.61 Å². The van der Waals surface area contributed by atoms with E-state index in [2.05, 4.69) is 16.5 Å². The van der Waals surface area contributed by atoms with E-state index in [1.165, 1.54) is 0 Å². The minimum atomic E-state index is -0.0750. The van der Waals surface area contributed by atoms with Gasteiger partial charge in [0.15, 0.2) is 0 Å². The van der Waals surface area contributed by atoms with Crippen LogP contribution < -0.4 is 5.73 Å². The molecule has 0 aliphatic carbocycles. The number of nitrogens with two attached hydrogens (primary N) is 1. The Hall–Kier alpha value is -0.870. The highest BCUT2D eigenvalue weighted by atomic mass is 16.5. The zero-order valence-electron chi connectivity index (χ0n) is 9.22. The predicted octanol–water partition coefficient (Wildman–Crippen LogP) is 1.47. The third-order valence-corrected chi connectivity index (χ3v) is 2.88. The van der Waals surface area contributed by atoms with Gasteiger partial charge in [0.25, 0.3) is 0 Å². The van der Waals surface area contributed by atoms with Gasteiger partial charge in [0.2, 0.25) is 0 Å². The maximum Gasteiger partial charge on any atom is 0.128 e. The van der Waals surface area contributed by atoms with Crippen LogP contribution >= 0.6 is 0 Å². The van der Waals surface area contributed by atoms with E-state index in [0.717, 1.165) is 38.2 Å². The molecule has 2 N–H and O–H groups in total. The van der Waals surface area contributed by atoms with Crippen LogP contribution in [-0.2, 0) is 11.3 Å². The molecule has 0 amide bonds. The van der Waals surface area contributed by atoms with E-state index in [4.69, 9.17) is 10.5 Å². The summed E-state index contributed by atoms with van der Waals surface area (Å²) in [5.41, 5.74) is 6.17. The molecule has 1 aliphatic heterocycles. The SMILES string of the molecule is CCCn1ccnc1C(N)C1CCCO1. The molecule has 1 aromatic heterocycles. The van der Waals surface area contributed by atoms with E-state index >= 15 is 0 Å². The van der Waals surface area contributed by atoms with Gasteiger partial charge in [-0.05, 0) is 19.3 Å². The third kappa shape index (κ3) is 2.21. The van der Waals surface area contributed by atoms with Crippen LogP contribution in [-0.4, -0.2) is 22.3 Å². The van der Waals surface area contributed by atoms with Gasteiger partial charge in [0.05, 0.1) is 12.1 Å². The molecule has 1 aliphatic rings. The number of hydrogen-bond donors (Lipinski definition) is 1. The van der Waals surface area contributed by atoms with Crippen molar-refractivity contribution >= 4 is 0 Å². The predicted molar refractivity (Wildman–Crippen MR) is 58.4 cm³/mol. The van der Waals surface area contributed by atoms with Crippen molar-refractivity contribution in [2.45, 2.75) is 44.9 Å². The van der Waals surface area contributed by atoms with Crippen LogP contribution in [0.2, 0.25) is 0 Å². The zero-order chi connectivity index (χ0) is 10.7. The zero-order valence-corrected chi connectivity index (χ0v) is 9.22. The molecule has 0 aromatic carbocycles. The van der Waals surface area contributed by atoms with E-state index in [1.807, 2.05) is 12.4 Å². The number of aromatic nitrogens is 2. The van der Waals surface area contributed by atoms with Crippen molar-refractivity contribution in [3.8, 4) is 0 Å². The van der Waals surface area contributed by atoms with Crippen molar-refractivity contribution < 1.29 is 4.74 Å². The normalized spacial score (nSPS) is 23.2. The fourth-order valence-electron chi connectivity index (χ4n) is 2.10. The number of aryl methyl sites for hydroxylation is 1. The molecule has 0 bridgehead atoms. The molecule has 1 aromatic rings. The van der Waals surface area contributed by atoms with Crippen LogP contribution in [0, 0.1) is 0 Å². The summed E-state index contributed by atoms with van der Waals surface area (Å²) < 4.78 is 7.72. The number of imidazole rings is 1. The van der Waals surface area contributed by atoms with E-state index in [-0.39, 0.29) is 12.1 Å². The lowest BCUT2D eigenvalue weighted by Gasteiger charge is -2.19. The number of nitrogens with zero attached hydrogens (tertiary/aromatic N) is 2. The number of hydrogen-bond acceptors (Lipinski definition) is 3. The largest absolute Gasteiger partial charge is 0.376 e. The molecule has 0 saturated carbocycles. The van der Waals surface area contributed by atoms with Crippen LogP contribution in [0.3, 0.4) is 0 Å². The molecule has 4 heteroatoms. The van der Waals surface area contributed by atoms with Crippen LogP contribution in [0.15, 0.2) is 12.4 Å². The monoisotopic (exact) mass is 209 g/mol.